The summed E-state index contributed by atoms with van der Waals surface area (Å²) in [6, 6.07) is 9.25. The Labute approximate surface area is 173 Å². The number of hydrogen-bond donors (Lipinski definition) is 4. The van der Waals surface area contributed by atoms with E-state index in [0.29, 0.717) is 32.5 Å². The average Bonchev–Trinajstić information content (AvgIpc) is 2.62. The molecule has 4 N–H and O–H groups in total. The molecule has 0 fully saturated rings. The van der Waals surface area contributed by atoms with E-state index in [1.165, 1.54) is 0 Å². The SMILES string of the molecule is CC(O)CNCC(CCCNC(=O)OC(C)(C)C)NC(=O)OCc1ccccc1. The largest absolute Gasteiger partial charge is 0.445 e. The number of amides is 2. The summed E-state index contributed by atoms with van der Waals surface area (Å²) in [5.74, 6) is 0. The van der Waals surface area contributed by atoms with Crippen molar-refractivity contribution in [3.8, 4) is 0 Å². The van der Waals surface area contributed by atoms with Gasteiger partial charge in [0.2, 0.25) is 0 Å². The van der Waals surface area contributed by atoms with Gasteiger partial charge in [-0.1, -0.05) is 30.3 Å². The van der Waals surface area contributed by atoms with Crippen molar-refractivity contribution in [2.24, 2.45) is 0 Å². The van der Waals surface area contributed by atoms with E-state index in [2.05, 4.69) is 16.0 Å². The molecule has 1 aromatic carbocycles. The van der Waals surface area contributed by atoms with Crippen molar-refractivity contribution in [3.05, 3.63) is 35.9 Å². The van der Waals surface area contributed by atoms with E-state index in [-0.39, 0.29) is 12.6 Å². The molecule has 0 spiro atoms. The molecule has 29 heavy (non-hydrogen) atoms. The van der Waals surface area contributed by atoms with Crippen LogP contribution in [0.5, 0.6) is 0 Å². The van der Waals surface area contributed by atoms with Gasteiger partial charge >= 0.3 is 12.2 Å². The highest BCUT2D eigenvalue weighted by Gasteiger charge is 2.17. The highest BCUT2D eigenvalue weighted by molar-refractivity contribution is 5.68. The van der Waals surface area contributed by atoms with Gasteiger partial charge in [-0.3, -0.25) is 0 Å². The van der Waals surface area contributed by atoms with E-state index in [1.54, 1.807) is 27.7 Å². The zero-order valence-electron chi connectivity index (χ0n) is 17.9. The van der Waals surface area contributed by atoms with Gasteiger partial charge in [0.1, 0.15) is 12.2 Å². The van der Waals surface area contributed by atoms with E-state index >= 15 is 0 Å². The van der Waals surface area contributed by atoms with Crippen molar-refractivity contribution < 1.29 is 24.2 Å². The van der Waals surface area contributed by atoms with E-state index in [4.69, 9.17) is 9.47 Å². The molecule has 2 amide bonds. The predicted molar refractivity (Wildman–Crippen MR) is 112 cm³/mol. The fraction of sp³-hybridized carbons (Fsp3) is 0.619. The second-order valence-electron chi connectivity index (χ2n) is 7.98. The van der Waals surface area contributed by atoms with Crippen LogP contribution >= 0.6 is 0 Å². The van der Waals surface area contributed by atoms with Crippen molar-refractivity contribution in [2.45, 2.75) is 64.9 Å². The molecule has 0 aromatic heterocycles. The molecule has 2 atom stereocenters. The maximum absolute atomic E-state index is 12.1. The molecule has 8 heteroatoms. The van der Waals surface area contributed by atoms with E-state index < -0.39 is 23.9 Å². The Morgan fingerprint density at radius 1 is 1.10 bits per heavy atom. The van der Waals surface area contributed by atoms with Gasteiger partial charge in [-0.2, -0.15) is 0 Å². The van der Waals surface area contributed by atoms with Crippen LogP contribution in [0.1, 0.15) is 46.1 Å². The third kappa shape index (κ3) is 13.5. The minimum absolute atomic E-state index is 0.195. The van der Waals surface area contributed by atoms with Gasteiger partial charge in [-0.25, -0.2) is 9.59 Å². The summed E-state index contributed by atoms with van der Waals surface area (Å²) in [6.07, 6.45) is -0.161. The number of carbonyl (C=O) groups excluding carboxylic acids is 2. The Balaban J connectivity index is 2.39. The molecule has 164 valence electrons. The van der Waals surface area contributed by atoms with Crippen molar-refractivity contribution in [3.63, 3.8) is 0 Å². The number of benzene rings is 1. The summed E-state index contributed by atoms with van der Waals surface area (Å²) in [5, 5.41) is 18.0. The van der Waals surface area contributed by atoms with Crippen LogP contribution < -0.4 is 16.0 Å². The van der Waals surface area contributed by atoms with Gasteiger partial charge in [0.15, 0.2) is 0 Å². The van der Waals surface area contributed by atoms with Crippen LogP contribution in [0.25, 0.3) is 0 Å². The maximum atomic E-state index is 12.1. The molecule has 1 aromatic rings. The van der Waals surface area contributed by atoms with E-state index in [9.17, 15) is 14.7 Å². The summed E-state index contributed by atoms with van der Waals surface area (Å²) in [4.78, 5) is 23.8. The van der Waals surface area contributed by atoms with E-state index in [1.807, 2.05) is 30.3 Å². The Kier molecular flexibility index (Phi) is 11.1. The lowest BCUT2D eigenvalue weighted by Crippen LogP contribution is -2.44. The summed E-state index contributed by atoms with van der Waals surface area (Å²) in [6.45, 7) is 8.65. The Hall–Kier alpha value is -2.32. The number of aliphatic hydroxyl groups excluding tert-OH is 1. The molecular weight excluding hydrogens is 374 g/mol. The first-order valence-electron chi connectivity index (χ1n) is 9.98. The first kappa shape index (κ1) is 24.7. The first-order chi connectivity index (χ1) is 13.7. The Bertz CT molecular complexity index is 602. The lowest BCUT2D eigenvalue weighted by atomic mass is 10.1. The molecule has 0 bridgehead atoms. The minimum atomic E-state index is -0.540. The number of rotatable bonds is 11. The molecule has 0 aliphatic rings. The minimum Gasteiger partial charge on any atom is -0.445 e. The molecule has 0 saturated heterocycles. The third-order valence-electron chi connectivity index (χ3n) is 3.76. The van der Waals surface area contributed by atoms with Crippen LogP contribution in [0.4, 0.5) is 9.59 Å². The fourth-order valence-electron chi connectivity index (χ4n) is 2.48. The summed E-state index contributed by atoms with van der Waals surface area (Å²) in [7, 11) is 0. The van der Waals surface area contributed by atoms with Gasteiger partial charge in [-0.15, -0.1) is 0 Å². The monoisotopic (exact) mass is 409 g/mol. The van der Waals surface area contributed by atoms with Gasteiger partial charge in [0.05, 0.1) is 6.10 Å². The topological polar surface area (TPSA) is 109 Å². The second kappa shape index (κ2) is 13.0. The lowest BCUT2D eigenvalue weighted by molar-refractivity contribution is 0.0526. The van der Waals surface area contributed by atoms with E-state index in [0.717, 1.165) is 5.56 Å². The van der Waals surface area contributed by atoms with Gasteiger partial charge in [-0.05, 0) is 46.1 Å². The maximum Gasteiger partial charge on any atom is 0.407 e. The average molecular weight is 410 g/mol. The number of nitrogens with one attached hydrogen (secondary N) is 3. The number of carbonyl (C=O) groups is 2. The van der Waals surface area contributed by atoms with Gasteiger partial charge in [0, 0.05) is 25.7 Å². The molecule has 0 heterocycles. The molecule has 1 rings (SSSR count). The fourth-order valence-corrected chi connectivity index (χ4v) is 2.48. The smallest absolute Gasteiger partial charge is 0.407 e. The zero-order chi connectivity index (χ0) is 21.7. The van der Waals surface area contributed by atoms with Crippen molar-refractivity contribution in [1.29, 1.82) is 0 Å². The molecule has 0 radical (unpaired) electrons. The van der Waals surface area contributed by atoms with Crippen molar-refractivity contribution >= 4 is 12.2 Å². The van der Waals surface area contributed by atoms with Crippen LogP contribution in [-0.4, -0.2) is 54.7 Å². The Morgan fingerprint density at radius 3 is 2.41 bits per heavy atom. The van der Waals surface area contributed by atoms with Crippen LogP contribution in [0.15, 0.2) is 30.3 Å². The van der Waals surface area contributed by atoms with Crippen LogP contribution in [0, 0.1) is 0 Å². The Morgan fingerprint density at radius 2 is 1.79 bits per heavy atom. The summed E-state index contributed by atoms with van der Waals surface area (Å²) < 4.78 is 10.5. The van der Waals surface area contributed by atoms with Crippen LogP contribution in [0.3, 0.4) is 0 Å². The first-order valence-corrected chi connectivity index (χ1v) is 9.98. The standard InChI is InChI=1S/C21H35N3O5/c1-16(25)13-22-14-18(11-8-12-23-19(26)29-21(2,3)4)24-20(27)28-15-17-9-6-5-7-10-17/h5-7,9-10,16,18,22,25H,8,11-15H2,1-4H3,(H,23,26)(H,24,27). The van der Waals surface area contributed by atoms with Crippen LogP contribution in [-0.2, 0) is 16.1 Å². The molecule has 0 saturated carbocycles. The summed E-state index contributed by atoms with van der Waals surface area (Å²) >= 11 is 0. The molecule has 0 aliphatic carbocycles. The number of aliphatic hydroxyl groups is 1. The highest BCUT2D eigenvalue weighted by Crippen LogP contribution is 2.06. The van der Waals surface area contributed by atoms with Crippen molar-refractivity contribution in [2.75, 3.05) is 19.6 Å². The van der Waals surface area contributed by atoms with Gasteiger partial charge in [0.25, 0.3) is 0 Å². The second-order valence-corrected chi connectivity index (χ2v) is 7.98. The highest BCUT2D eigenvalue weighted by atomic mass is 16.6. The summed E-state index contributed by atoms with van der Waals surface area (Å²) in [5.41, 5.74) is 0.370. The predicted octanol–water partition coefficient (Wildman–Crippen LogP) is 2.56. The number of hydrogen-bond acceptors (Lipinski definition) is 6. The number of alkyl carbamates (subject to hydrolysis) is 2. The molecule has 8 nitrogen and oxygen atoms in total. The third-order valence-corrected chi connectivity index (χ3v) is 3.76. The quantitative estimate of drug-likeness (QED) is 0.418. The van der Waals surface area contributed by atoms with Crippen molar-refractivity contribution in [1.82, 2.24) is 16.0 Å². The zero-order valence-corrected chi connectivity index (χ0v) is 17.9. The lowest BCUT2D eigenvalue weighted by Gasteiger charge is -2.21. The molecule has 2 unspecified atom stereocenters. The van der Waals surface area contributed by atoms with Crippen LogP contribution in [0.2, 0.25) is 0 Å². The molecule has 0 aliphatic heterocycles. The normalized spacial score (nSPS) is 13.3. The van der Waals surface area contributed by atoms with Gasteiger partial charge < -0.3 is 30.5 Å². The molecular formula is C21H35N3O5. The number of ether oxygens (including phenoxy) is 2.